The molecule has 4 aromatic rings. The van der Waals surface area contributed by atoms with E-state index in [9.17, 15) is 4.79 Å². The Balaban J connectivity index is 1.99. The van der Waals surface area contributed by atoms with Crippen LogP contribution in [0.25, 0.3) is 27.5 Å². The summed E-state index contributed by atoms with van der Waals surface area (Å²) in [6.07, 6.45) is 3.49. The minimum atomic E-state index is -0.414. The Morgan fingerprint density at radius 3 is 2.56 bits per heavy atom. The van der Waals surface area contributed by atoms with Crippen molar-refractivity contribution in [2.24, 2.45) is 5.73 Å². The van der Waals surface area contributed by atoms with Gasteiger partial charge in [0.15, 0.2) is 5.96 Å². The molecule has 1 amide bonds. The first-order chi connectivity index (χ1) is 12.1. The summed E-state index contributed by atoms with van der Waals surface area (Å²) in [5.41, 5.74) is 6.61. The highest BCUT2D eigenvalue weighted by molar-refractivity contribution is 6.12. The molecule has 2 aromatic heterocycles. The molecule has 0 radical (unpaired) electrons. The van der Waals surface area contributed by atoms with E-state index in [0.717, 1.165) is 27.5 Å². The van der Waals surface area contributed by atoms with Crippen LogP contribution in [0.15, 0.2) is 67.0 Å². The molecule has 0 unspecified atom stereocenters. The van der Waals surface area contributed by atoms with E-state index in [1.807, 2.05) is 59.2 Å². The molecule has 0 spiro atoms. The molecule has 0 saturated carbocycles. The molecule has 0 bridgehead atoms. The zero-order chi connectivity index (χ0) is 17.4. The van der Waals surface area contributed by atoms with Gasteiger partial charge in [0, 0.05) is 23.2 Å². The minimum absolute atomic E-state index is 0.384. The van der Waals surface area contributed by atoms with E-state index in [1.54, 1.807) is 12.4 Å². The fraction of sp³-hybridized carbons (Fsp3) is 0. The van der Waals surface area contributed by atoms with E-state index in [2.05, 4.69) is 10.3 Å². The number of amides is 1. The molecular weight excluding hydrogens is 314 g/mol. The minimum Gasteiger partial charge on any atom is -0.370 e. The Morgan fingerprint density at radius 2 is 1.76 bits per heavy atom. The third kappa shape index (κ3) is 2.49. The Morgan fingerprint density at radius 1 is 1.04 bits per heavy atom. The van der Waals surface area contributed by atoms with Crippen LogP contribution in [0.5, 0.6) is 0 Å². The van der Waals surface area contributed by atoms with Crippen molar-refractivity contribution in [1.29, 1.82) is 5.41 Å². The molecule has 4 N–H and O–H groups in total. The highest BCUT2D eigenvalue weighted by Gasteiger charge is 2.17. The van der Waals surface area contributed by atoms with Crippen LogP contribution in [0.4, 0.5) is 0 Å². The number of nitrogens with one attached hydrogen (secondary N) is 2. The van der Waals surface area contributed by atoms with Crippen molar-refractivity contribution in [1.82, 2.24) is 14.9 Å². The normalized spacial score (nSPS) is 10.9. The predicted molar refractivity (Wildman–Crippen MR) is 98.0 cm³/mol. The molecule has 0 aliphatic carbocycles. The lowest BCUT2D eigenvalue weighted by Gasteiger charge is -2.08. The molecule has 6 nitrogen and oxygen atoms in total. The number of rotatable bonds is 2. The third-order valence-electron chi connectivity index (χ3n) is 4.09. The van der Waals surface area contributed by atoms with Gasteiger partial charge in [-0.05, 0) is 17.5 Å². The summed E-state index contributed by atoms with van der Waals surface area (Å²) >= 11 is 0. The number of pyridine rings is 1. The van der Waals surface area contributed by atoms with Crippen molar-refractivity contribution in [2.75, 3.05) is 0 Å². The van der Waals surface area contributed by atoms with Gasteiger partial charge >= 0.3 is 0 Å². The molecule has 2 aromatic carbocycles. The SMILES string of the molecule is N=C(N)NC(=O)c1cn(-c2nccc3ccccc23)c2ccccc12. The number of para-hydroxylation sites is 1. The van der Waals surface area contributed by atoms with Gasteiger partial charge in [-0.25, -0.2) is 4.98 Å². The second-order valence-electron chi connectivity index (χ2n) is 5.65. The second kappa shape index (κ2) is 5.76. The molecule has 6 heteroatoms. The van der Waals surface area contributed by atoms with Crippen LogP contribution in [-0.4, -0.2) is 21.4 Å². The molecule has 0 fully saturated rings. The summed E-state index contributed by atoms with van der Waals surface area (Å²) in [6.45, 7) is 0. The van der Waals surface area contributed by atoms with Gasteiger partial charge < -0.3 is 5.73 Å². The molecule has 0 atom stereocenters. The first kappa shape index (κ1) is 14.9. The maximum absolute atomic E-state index is 12.4. The van der Waals surface area contributed by atoms with E-state index < -0.39 is 5.91 Å². The topological polar surface area (TPSA) is 96.8 Å². The summed E-state index contributed by atoms with van der Waals surface area (Å²) in [5, 5.41) is 12.5. The van der Waals surface area contributed by atoms with Crippen LogP contribution in [-0.2, 0) is 0 Å². The number of benzene rings is 2. The number of hydrogen-bond acceptors (Lipinski definition) is 3. The van der Waals surface area contributed by atoms with Crippen molar-refractivity contribution < 1.29 is 4.79 Å². The van der Waals surface area contributed by atoms with Crippen LogP contribution in [0.1, 0.15) is 10.4 Å². The Kier molecular flexibility index (Phi) is 3.43. The summed E-state index contributed by atoms with van der Waals surface area (Å²) in [4.78, 5) is 16.9. The molecule has 4 rings (SSSR count). The van der Waals surface area contributed by atoms with Gasteiger partial charge in [-0.2, -0.15) is 0 Å². The Labute approximate surface area is 143 Å². The number of nitrogens with zero attached hydrogens (tertiary/aromatic N) is 2. The smallest absolute Gasteiger partial charge is 0.260 e. The highest BCUT2D eigenvalue weighted by atomic mass is 16.1. The lowest BCUT2D eigenvalue weighted by atomic mass is 10.1. The first-order valence-corrected chi connectivity index (χ1v) is 7.75. The highest BCUT2D eigenvalue weighted by Crippen LogP contribution is 2.27. The van der Waals surface area contributed by atoms with Gasteiger partial charge in [0.05, 0.1) is 11.1 Å². The van der Waals surface area contributed by atoms with Crippen molar-refractivity contribution in [3.8, 4) is 5.82 Å². The Hall–Kier alpha value is -3.67. The number of hydrogen-bond donors (Lipinski definition) is 3. The lowest BCUT2D eigenvalue weighted by Crippen LogP contribution is -2.35. The number of nitrogens with two attached hydrogens (primary N) is 1. The second-order valence-corrected chi connectivity index (χ2v) is 5.65. The zero-order valence-corrected chi connectivity index (χ0v) is 13.2. The average molecular weight is 329 g/mol. The predicted octanol–water partition coefficient (Wildman–Crippen LogP) is 2.80. The monoisotopic (exact) mass is 329 g/mol. The maximum atomic E-state index is 12.4. The molecule has 0 aliphatic rings. The molecular formula is C19H15N5O. The average Bonchev–Trinajstić information content (AvgIpc) is 3.00. The first-order valence-electron chi connectivity index (χ1n) is 7.75. The Bertz CT molecular complexity index is 1120. The summed E-state index contributed by atoms with van der Waals surface area (Å²) in [6, 6.07) is 17.5. The van der Waals surface area contributed by atoms with Crippen molar-refractivity contribution >= 4 is 33.5 Å². The van der Waals surface area contributed by atoms with Crippen LogP contribution in [0.3, 0.4) is 0 Å². The molecule has 0 saturated heterocycles. The molecule has 25 heavy (non-hydrogen) atoms. The molecule has 122 valence electrons. The standard InChI is InChI=1S/C19H15N5O/c20-19(21)23-18(25)15-11-24(16-8-4-3-7-14(15)16)17-13-6-2-1-5-12(13)9-10-22-17/h1-11H,(H4,20,21,23,25). The lowest BCUT2D eigenvalue weighted by molar-refractivity contribution is 0.0978. The van der Waals surface area contributed by atoms with Gasteiger partial charge in [-0.1, -0.05) is 42.5 Å². The molecule has 2 heterocycles. The van der Waals surface area contributed by atoms with Gasteiger partial charge in [-0.15, -0.1) is 0 Å². The quantitative estimate of drug-likeness (QED) is 0.390. The molecule has 0 aliphatic heterocycles. The maximum Gasteiger partial charge on any atom is 0.260 e. The van der Waals surface area contributed by atoms with Crippen molar-refractivity contribution in [3.05, 3.63) is 72.6 Å². The summed E-state index contributed by atoms with van der Waals surface area (Å²) in [7, 11) is 0. The fourth-order valence-electron chi connectivity index (χ4n) is 3.02. The van der Waals surface area contributed by atoms with Gasteiger partial charge in [-0.3, -0.25) is 20.1 Å². The number of carbonyl (C=O) groups is 1. The van der Waals surface area contributed by atoms with Gasteiger partial charge in [0.2, 0.25) is 0 Å². The van der Waals surface area contributed by atoms with E-state index in [0.29, 0.717) is 5.56 Å². The van der Waals surface area contributed by atoms with Crippen molar-refractivity contribution in [2.45, 2.75) is 0 Å². The van der Waals surface area contributed by atoms with Crippen LogP contribution < -0.4 is 11.1 Å². The van der Waals surface area contributed by atoms with Gasteiger partial charge in [0.1, 0.15) is 5.82 Å². The van der Waals surface area contributed by atoms with Crippen LogP contribution >= 0.6 is 0 Å². The largest absolute Gasteiger partial charge is 0.370 e. The number of guanidine groups is 1. The van der Waals surface area contributed by atoms with E-state index in [-0.39, 0.29) is 5.96 Å². The number of fused-ring (bicyclic) bond motifs is 2. The zero-order valence-electron chi connectivity index (χ0n) is 13.2. The van der Waals surface area contributed by atoms with E-state index >= 15 is 0 Å². The third-order valence-corrected chi connectivity index (χ3v) is 4.09. The number of aromatic nitrogens is 2. The van der Waals surface area contributed by atoms with Crippen LogP contribution in [0.2, 0.25) is 0 Å². The summed E-state index contributed by atoms with van der Waals surface area (Å²) in [5.74, 6) is -0.0519. The van der Waals surface area contributed by atoms with E-state index in [1.165, 1.54) is 0 Å². The van der Waals surface area contributed by atoms with Gasteiger partial charge in [0.25, 0.3) is 5.91 Å². The number of carbonyl (C=O) groups excluding carboxylic acids is 1. The van der Waals surface area contributed by atoms with Crippen molar-refractivity contribution in [3.63, 3.8) is 0 Å². The van der Waals surface area contributed by atoms with E-state index in [4.69, 9.17) is 11.1 Å². The fourth-order valence-corrected chi connectivity index (χ4v) is 3.02. The van der Waals surface area contributed by atoms with Crippen LogP contribution in [0, 0.1) is 5.41 Å². The summed E-state index contributed by atoms with van der Waals surface area (Å²) < 4.78 is 1.90.